The van der Waals surface area contributed by atoms with E-state index < -0.39 is 0 Å². The number of hydrogen-bond donors (Lipinski definition) is 1. The predicted octanol–water partition coefficient (Wildman–Crippen LogP) is 4.19. The van der Waals surface area contributed by atoms with E-state index in [4.69, 9.17) is 0 Å². The van der Waals surface area contributed by atoms with Crippen molar-refractivity contribution < 1.29 is 4.79 Å². The number of hydrogen-bond acceptors (Lipinski definition) is 1. The van der Waals surface area contributed by atoms with Crippen molar-refractivity contribution in [3.05, 3.63) is 35.0 Å². The zero-order chi connectivity index (χ0) is 15.3. The fourth-order valence-electron chi connectivity index (χ4n) is 4.47. The van der Waals surface area contributed by atoms with Crippen LogP contribution in [0.15, 0.2) is 18.2 Å². The molecule has 0 unspecified atom stereocenters. The minimum atomic E-state index is 0.204. The Hall–Kier alpha value is -1.77. The van der Waals surface area contributed by atoms with Crippen LogP contribution in [0.1, 0.15) is 53.7 Å². The molecule has 2 fully saturated rings. The lowest BCUT2D eigenvalue weighted by molar-refractivity contribution is 0.0775. The summed E-state index contributed by atoms with van der Waals surface area (Å²) in [5, 5.41) is 1.18. The van der Waals surface area contributed by atoms with Crippen molar-refractivity contribution in [1.29, 1.82) is 0 Å². The Morgan fingerprint density at radius 2 is 1.95 bits per heavy atom. The first kappa shape index (κ1) is 13.9. The van der Waals surface area contributed by atoms with E-state index in [2.05, 4.69) is 29.8 Å². The maximum Gasteiger partial charge on any atom is 0.256 e. The smallest absolute Gasteiger partial charge is 0.256 e. The van der Waals surface area contributed by atoms with Crippen molar-refractivity contribution in [2.45, 2.75) is 46.0 Å². The normalized spacial score (nSPS) is 20.4. The first-order valence-corrected chi connectivity index (χ1v) is 8.47. The minimum absolute atomic E-state index is 0.204. The van der Waals surface area contributed by atoms with Crippen LogP contribution < -0.4 is 0 Å². The van der Waals surface area contributed by atoms with Crippen LogP contribution in [-0.2, 0) is 0 Å². The van der Waals surface area contributed by atoms with Gasteiger partial charge in [-0.15, -0.1) is 0 Å². The molecule has 1 saturated heterocycles. The Labute approximate surface area is 131 Å². The van der Waals surface area contributed by atoms with Crippen LogP contribution >= 0.6 is 0 Å². The maximum absolute atomic E-state index is 13.0. The molecule has 1 aromatic carbocycles. The van der Waals surface area contributed by atoms with Crippen LogP contribution in [0, 0.1) is 19.3 Å². The maximum atomic E-state index is 13.0. The fourth-order valence-corrected chi connectivity index (χ4v) is 4.47. The average molecular weight is 296 g/mol. The number of nitrogens with zero attached hydrogens (tertiary/aromatic N) is 1. The third-order valence-corrected chi connectivity index (χ3v) is 5.96. The van der Waals surface area contributed by atoms with Gasteiger partial charge in [-0.1, -0.05) is 25.0 Å². The molecule has 2 heterocycles. The molecule has 1 amide bonds. The molecule has 0 radical (unpaired) electrons. The van der Waals surface area contributed by atoms with Gasteiger partial charge in [0.15, 0.2) is 0 Å². The second kappa shape index (κ2) is 4.87. The summed E-state index contributed by atoms with van der Waals surface area (Å²) in [6, 6.07) is 6.09. The fraction of sp³-hybridized carbons (Fsp3) is 0.526. The van der Waals surface area contributed by atoms with Gasteiger partial charge >= 0.3 is 0 Å². The highest BCUT2D eigenvalue weighted by molar-refractivity contribution is 6.06. The Kier molecular flexibility index (Phi) is 3.07. The molecule has 1 aliphatic heterocycles. The molecule has 0 atom stereocenters. The van der Waals surface area contributed by atoms with Crippen molar-refractivity contribution in [3.8, 4) is 0 Å². The summed E-state index contributed by atoms with van der Waals surface area (Å²) in [6.45, 7) is 6.08. The molecule has 22 heavy (non-hydrogen) atoms. The van der Waals surface area contributed by atoms with Gasteiger partial charge in [-0.05, 0) is 50.2 Å². The molecule has 2 aliphatic rings. The lowest BCUT2D eigenvalue weighted by Gasteiger charge is -2.23. The van der Waals surface area contributed by atoms with Gasteiger partial charge in [-0.25, -0.2) is 0 Å². The minimum Gasteiger partial charge on any atom is -0.358 e. The molecule has 2 aromatic rings. The monoisotopic (exact) mass is 296 g/mol. The number of aromatic amines is 1. The molecule has 3 nitrogen and oxygen atoms in total. The Bertz CT molecular complexity index is 737. The number of rotatable bonds is 1. The third-order valence-electron chi connectivity index (χ3n) is 5.96. The van der Waals surface area contributed by atoms with E-state index in [1.165, 1.54) is 43.1 Å². The van der Waals surface area contributed by atoms with E-state index in [0.29, 0.717) is 5.41 Å². The summed E-state index contributed by atoms with van der Waals surface area (Å²) in [5.74, 6) is 0.204. The van der Waals surface area contributed by atoms with E-state index in [1.807, 2.05) is 12.1 Å². The van der Waals surface area contributed by atoms with Gasteiger partial charge in [0, 0.05) is 24.2 Å². The zero-order valence-corrected chi connectivity index (χ0v) is 13.5. The number of carbonyl (C=O) groups excluding carboxylic acids is 1. The van der Waals surface area contributed by atoms with Gasteiger partial charge in [0.2, 0.25) is 0 Å². The topological polar surface area (TPSA) is 36.1 Å². The largest absolute Gasteiger partial charge is 0.358 e. The van der Waals surface area contributed by atoms with E-state index in [-0.39, 0.29) is 5.91 Å². The molecule has 1 spiro atoms. The first-order chi connectivity index (χ1) is 10.6. The molecule has 1 saturated carbocycles. The predicted molar refractivity (Wildman–Crippen MR) is 89.2 cm³/mol. The molecule has 1 N–H and O–H groups in total. The van der Waals surface area contributed by atoms with Gasteiger partial charge in [0.25, 0.3) is 5.91 Å². The van der Waals surface area contributed by atoms with Gasteiger partial charge in [-0.3, -0.25) is 4.79 Å². The summed E-state index contributed by atoms with van der Waals surface area (Å²) in [6.07, 6.45) is 6.49. The number of aryl methyl sites for hydroxylation is 2. The molecule has 116 valence electrons. The van der Waals surface area contributed by atoms with Gasteiger partial charge in [0.05, 0.1) is 11.1 Å². The summed E-state index contributed by atoms with van der Waals surface area (Å²) >= 11 is 0. The third kappa shape index (κ3) is 1.98. The van der Waals surface area contributed by atoms with Crippen molar-refractivity contribution >= 4 is 16.8 Å². The molecular formula is C19H24N2O. The van der Waals surface area contributed by atoms with Crippen LogP contribution in [0.4, 0.5) is 0 Å². The Morgan fingerprint density at radius 1 is 1.18 bits per heavy atom. The highest BCUT2D eigenvalue weighted by Gasteiger charge is 2.42. The van der Waals surface area contributed by atoms with Crippen LogP contribution in [-0.4, -0.2) is 28.9 Å². The molecule has 1 aromatic heterocycles. The Balaban J connectivity index is 1.67. The summed E-state index contributed by atoms with van der Waals surface area (Å²) in [4.78, 5) is 18.5. The number of likely N-dealkylation sites (tertiary alicyclic amines) is 1. The van der Waals surface area contributed by atoms with Gasteiger partial charge in [-0.2, -0.15) is 0 Å². The van der Waals surface area contributed by atoms with Crippen LogP contribution in [0.25, 0.3) is 10.9 Å². The number of amides is 1. The number of H-pyrrole nitrogens is 1. The molecule has 3 heteroatoms. The van der Waals surface area contributed by atoms with Crippen molar-refractivity contribution in [2.75, 3.05) is 13.1 Å². The van der Waals surface area contributed by atoms with Gasteiger partial charge in [0.1, 0.15) is 0 Å². The number of aromatic nitrogens is 1. The number of benzene rings is 1. The van der Waals surface area contributed by atoms with Crippen molar-refractivity contribution in [2.24, 2.45) is 5.41 Å². The molecule has 0 bridgehead atoms. The number of nitrogens with one attached hydrogen (secondary N) is 1. The van der Waals surface area contributed by atoms with Gasteiger partial charge < -0.3 is 9.88 Å². The van der Waals surface area contributed by atoms with E-state index in [1.54, 1.807) is 0 Å². The molecule has 4 rings (SSSR count). The SMILES string of the molecule is Cc1[nH]c2c(C(=O)N3CCC4(CCCC4)C3)cccc2c1C. The highest BCUT2D eigenvalue weighted by Crippen LogP contribution is 2.45. The zero-order valence-electron chi connectivity index (χ0n) is 13.5. The van der Waals surface area contributed by atoms with E-state index in [0.717, 1.165) is 29.9 Å². The van der Waals surface area contributed by atoms with Crippen molar-refractivity contribution in [3.63, 3.8) is 0 Å². The van der Waals surface area contributed by atoms with Crippen molar-refractivity contribution in [1.82, 2.24) is 9.88 Å². The lowest BCUT2D eigenvalue weighted by atomic mass is 9.86. The summed E-state index contributed by atoms with van der Waals surface area (Å²) < 4.78 is 0. The summed E-state index contributed by atoms with van der Waals surface area (Å²) in [5.41, 5.74) is 4.69. The molecular weight excluding hydrogens is 272 g/mol. The standard InChI is InChI=1S/C19H24N2O/c1-13-14(2)20-17-15(13)6-5-7-16(17)18(22)21-11-10-19(12-21)8-3-4-9-19/h5-7,20H,3-4,8-12H2,1-2H3. The van der Waals surface area contributed by atoms with E-state index in [9.17, 15) is 4.79 Å². The number of fused-ring (bicyclic) bond motifs is 1. The number of para-hydroxylation sites is 1. The second-order valence-corrected chi connectivity index (χ2v) is 7.29. The molecule has 1 aliphatic carbocycles. The lowest BCUT2D eigenvalue weighted by Crippen LogP contribution is -2.31. The average Bonchev–Trinajstić information content (AvgIpc) is 3.22. The quantitative estimate of drug-likeness (QED) is 0.841. The summed E-state index contributed by atoms with van der Waals surface area (Å²) in [7, 11) is 0. The Morgan fingerprint density at radius 3 is 2.73 bits per heavy atom. The van der Waals surface area contributed by atoms with Crippen LogP contribution in [0.5, 0.6) is 0 Å². The second-order valence-electron chi connectivity index (χ2n) is 7.29. The highest BCUT2D eigenvalue weighted by atomic mass is 16.2. The first-order valence-electron chi connectivity index (χ1n) is 8.47. The van der Waals surface area contributed by atoms with Crippen LogP contribution in [0.2, 0.25) is 0 Å². The number of carbonyl (C=O) groups is 1. The van der Waals surface area contributed by atoms with Crippen LogP contribution in [0.3, 0.4) is 0 Å². The van der Waals surface area contributed by atoms with E-state index >= 15 is 0 Å².